The summed E-state index contributed by atoms with van der Waals surface area (Å²) in [6.07, 6.45) is -0.0463. The van der Waals surface area contributed by atoms with Gasteiger partial charge in [0.25, 0.3) is 0 Å². The van der Waals surface area contributed by atoms with Gasteiger partial charge in [-0.3, -0.25) is 9.78 Å². The summed E-state index contributed by atoms with van der Waals surface area (Å²) in [7, 11) is 1.50. The van der Waals surface area contributed by atoms with Crippen molar-refractivity contribution in [3.05, 3.63) is 63.7 Å². The van der Waals surface area contributed by atoms with E-state index < -0.39 is 11.6 Å². The fraction of sp³-hybridized carbons (Fsp3) is 0.409. The molecule has 1 amide bonds. The number of carbonyl (C=O) groups excluding carboxylic acids is 1. The predicted molar refractivity (Wildman–Crippen MR) is 109 cm³/mol. The molecular weight excluding hydrogens is 389 g/mol. The number of nitrogens with zero attached hydrogens (tertiary/aromatic N) is 2. The first-order chi connectivity index (χ1) is 14.1. The van der Waals surface area contributed by atoms with Crippen LogP contribution in [-0.2, 0) is 29.1 Å². The van der Waals surface area contributed by atoms with Crippen LogP contribution < -0.4 is 5.32 Å². The van der Waals surface area contributed by atoms with Crippen LogP contribution in [0, 0.1) is 12.7 Å². The number of benzene rings is 1. The molecule has 3 N–H and O–H groups in total. The Bertz CT molecular complexity index is 999. The fourth-order valence-corrected chi connectivity index (χ4v) is 3.61. The number of aliphatic imine (C=N–C) groups is 1. The van der Waals surface area contributed by atoms with Gasteiger partial charge >= 0.3 is 0 Å². The van der Waals surface area contributed by atoms with Crippen molar-refractivity contribution in [3.63, 3.8) is 0 Å². The lowest BCUT2D eigenvalue weighted by atomic mass is 9.90. The van der Waals surface area contributed by atoms with Crippen molar-refractivity contribution >= 4 is 11.8 Å². The summed E-state index contributed by atoms with van der Waals surface area (Å²) in [4.78, 5) is 21.4. The molecule has 1 aromatic carbocycles. The lowest BCUT2D eigenvalue weighted by molar-refractivity contribution is -0.123. The number of methoxy groups -OCH3 is 1. The van der Waals surface area contributed by atoms with E-state index in [1.54, 1.807) is 39.0 Å². The lowest BCUT2D eigenvalue weighted by Gasteiger charge is -2.31. The highest BCUT2D eigenvalue weighted by molar-refractivity contribution is 5.98. The molecule has 0 saturated carbocycles. The molecule has 7 nitrogen and oxygen atoms in total. The van der Waals surface area contributed by atoms with Gasteiger partial charge in [-0.05, 0) is 49.6 Å². The monoisotopic (exact) mass is 415 g/mol. The van der Waals surface area contributed by atoms with Crippen molar-refractivity contribution < 1.29 is 24.1 Å². The molecule has 0 bridgehead atoms. The summed E-state index contributed by atoms with van der Waals surface area (Å²) in [5.74, 6) is -0.284. The molecule has 1 atom stereocenters. The van der Waals surface area contributed by atoms with Crippen LogP contribution in [0.5, 0.6) is 0 Å². The molecule has 160 valence electrons. The topological polar surface area (TPSA) is 104 Å². The molecule has 2 heterocycles. The molecule has 8 heteroatoms. The number of aromatic nitrogens is 1. The van der Waals surface area contributed by atoms with E-state index >= 15 is 0 Å². The fourth-order valence-electron chi connectivity index (χ4n) is 3.61. The highest BCUT2D eigenvalue weighted by Gasteiger charge is 2.31. The van der Waals surface area contributed by atoms with E-state index in [1.165, 1.54) is 13.2 Å². The number of aryl methyl sites for hydroxylation is 1. The van der Waals surface area contributed by atoms with Crippen LogP contribution in [-0.4, -0.2) is 39.7 Å². The molecule has 0 fully saturated rings. The van der Waals surface area contributed by atoms with Crippen molar-refractivity contribution in [1.82, 2.24) is 10.3 Å². The zero-order valence-electron chi connectivity index (χ0n) is 17.5. The number of ether oxygens (including phenoxy) is 1. The first-order valence-electron chi connectivity index (χ1n) is 9.63. The number of halogens is 1. The summed E-state index contributed by atoms with van der Waals surface area (Å²) < 4.78 is 18.9. The SMILES string of the molecule is COC1=NCc2cc(CC(=O)N[C@H](c3ccc(F)c(C)c3)C(C)(C)O)nc(CO)c21. The number of carbonyl (C=O) groups is 1. The quantitative estimate of drug-likeness (QED) is 0.670. The summed E-state index contributed by atoms with van der Waals surface area (Å²) in [5.41, 5.74) is 2.14. The molecule has 3 rings (SSSR count). The summed E-state index contributed by atoms with van der Waals surface area (Å²) in [6.45, 7) is 4.88. The number of hydrogen-bond donors (Lipinski definition) is 3. The Morgan fingerprint density at radius 1 is 1.37 bits per heavy atom. The highest BCUT2D eigenvalue weighted by atomic mass is 19.1. The standard InChI is InChI=1S/C22H26FN3O4/c1-12-7-13(5-6-16(12)23)20(22(2,3)29)26-18(28)9-15-8-14-10-24-21(30-4)19(14)17(11-27)25-15/h5-8,20,27,29H,9-11H2,1-4H3,(H,26,28)/t20-/m1/s1. The van der Waals surface area contributed by atoms with Gasteiger partial charge in [0, 0.05) is 0 Å². The third kappa shape index (κ3) is 4.49. The second kappa shape index (κ2) is 8.49. The number of fused-ring (bicyclic) bond motifs is 1. The molecule has 0 saturated heterocycles. The predicted octanol–water partition coefficient (Wildman–Crippen LogP) is 2.10. The molecule has 1 aliphatic rings. The van der Waals surface area contributed by atoms with E-state index in [1.807, 2.05) is 0 Å². The normalized spacial score (nSPS) is 14.2. The summed E-state index contributed by atoms with van der Waals surface area (Å²) >= 11 is 0. The van der Waals surface area contributed by atoms with E-state index in [0.717, 1.165) is 5.56 Å². The van der Waals surface area contributed by atoms with Crippen molar-refractivity contribution in [2.75, 3.05) is 7.11 Å². The van der Waals surface area contributed by atoms with Crippen LogP contribution in [0.15, 0.2) is 29.3 Å². The van der Waals surface area contributed by atoms with E-state index in [-0.39, 0.29) is 24.8 Å². The maximum Gasteiger partial charge on any atom is 0.226 e. The van der Waals surface area contributed by atoms with Crippen molar-refractivity contribution in [3.8, 4) is 0 Å². The van der Waals surface area contributed by atoms with E-state index in [2.05, 4.69) is 15.3 Å². The van der Waals surface area contributed by atoms with Crippen LogP contribution >= 0.6 is 0 Å². The van der Waals surface area contributed by atoms with E-state index in [9.17, 15) is 19.4 Å². The zero-order valence-corrected chi connectivity index (χ0v) is 17.5. The average Bonchev–Trinajstić information content (AvgIpc) is 3.10. The third-order valence-corrected chi connectivity index (χ3v) is 5.05. The molecule has 0 radical (unpaired) electrons. The molecular formula is C22H26FN3O4. The minimum absolute atomic E-state index is 0.0463. The van der Waals surface area contributed by atoms with Gasteiger partial charge in [-0.15, -0.1) is 0 Å². The molecule has 2 aromatic rings. The van der Waals surface area contributed by atoms with Crippen LogP contribution in [0.25, 0.3) is 0 Å². The van der Waals surface area contributed by atoms with E-state index in [0.29, 0.717) is 40.5 Å². The first kappa shape index (κ1) is 21.9. The highest BCUT2D eigenvalue weighted by Crippen LogP contribution is 2.28. The Morgan fingerprint density at radius 2 is 2.10 bits per heavy atom. The number of hydrogen-bond acceptors (Lipinski definition) is 6. The number of rotatable bonds is 6. The van der Waals surface area contributed by atoms with Gasteiger partial charge < -0.3 is 20.3 Å². The largest absolute Gasteiger partial charge is 0.481 e. The number of pyridine rings is 1. The van der Waals surface area contributed by atoms with Gasteiger partial charge in [0.05, 0.1) is 55.3 Å². The van der Waals surface area contributed by atoms with E-state index in [4.69, 9.17) is 4.74 Å². The van der Waals surface area contributed by atoms with Crippen molar-refractivity contribution in [2.24, 2.45) is 4.99 Å². The van der Waals surface area contributed by atoms with Crippen LogP contribution in [0.2, 0.25) is 0 Å². The van der Waals surface area contributed by atoms with Gasteiger partial charge in [-0.25, -0.2) is 9.38 Å². The Morgan fingerprint density at radius 3 is 2.70 bits per heavy atom. The molecule has 0 unspecified atom stereocenters. The minimum Gasteiger partial charge on any atom is -0.481 e. The Balaban J connectivity index is 1.82. The minimum atomic E-state index is -1.28. The van der Waals surface area contributed by atoms with Gasteiger partial charge in [0.2, 0.25) is 11.8 Å². The third-order valence-electron chi connectivity index (χ3n) is 5.05. The van der Waals surface area contributed by atoms with Gasteiger partial charge in [-0.2, -0.15) is 0 Å². The van der Waals surface area contributed by atoms with Gasteiger partial charge in [0.1, 0.15) is 5.82 Å². The van der Waals surface area contributed by atoms with Crippen LogP contribution in [0.3, 0.4) is 0 Å². The molecule has 30 heavy (non-hydrogen) atoms. The lowest BCUT2D eigenvalue weighted by Crippen LogP contribution is -2.42. The number of aliphatic hydroxyl groups excluding tert-OH is 1. The van der Waals surface area contributed by atoms with Gasteiger partial charge in [0.15, 0.2) is 0 Å². The number of nitrogens with one attached hydrogen (secondary N) is 1. The molecule has 1 aromatic heterocycles. The second-order valence-electron chi connectivity index (χ2n) is 7.92. The van der Waals surface area contributed by atoms with Crippen LogP contribution in [0.1, 0.15) is 53.5 Å². The van der Waals surface area contributed by atoms with Crippen LogP contribution in [0.4, 0.5) is 4.39 Å². The van der Waals surface area contributed by atoms with Gasteiger partial charge in [-0.1, -0.05) is 12.1 Å². The maximum atomic E-state index is 13.6. The zero-order chi connectivity index (χ0) is 22.1. The molecule has 0 spiro atoms. The second-order valence-corrected chi connectivity index (χ2v) is 7.92. The first-order valence-corrected chi connectivity index (χ1v) is 9.63. The summed E-state index contributed by atoms with van der Waals surface area (Å²) in [6, 6.07) is 5.51. The molecule has 1 aliphatic heterocycles. The molecule has 0 aliphatic carbocycles. The van der Waals surface area contributed by atoms with Crippen molar-refractivity contribution in [1.29, 1.82) is 0 Å². The van der Waals surface area contributed by atoms with Crippen molar-refractivity contribution in [2.45, 2.75) is 52.0 Å². The number of amides is 1. The summed E-state index contributed by atoms with van der Waals surface area (Å²) in [5, 5.41) is 23.1. The Hall–Kier alpha value is -2.84. The number of aliphatic hydroxyl groups is 2. The average molecular weight is 415 g/mol. The maximum absolute atomic E-state index is 13.6. The Labute approximate surface area is 174 Å². The Kier molecular flexibility index (Phi) is 6.19. The smallest absolute Gasteiger partial charge is 0.226 e.